The molecular weight excluding hydrogens is 362 g/mol. The van der Waals surface area contributed by atoms with E-state index in [2.05, 4.69) is 4.90 Å². The van der Waals surface area contributed by atoms with Gasteiger partial charge in [0, 0.05) is 30.7 Å². The number of hydrogen-bond donors (Lipinski definition) is 0. The van der Waals surface area contributed by atoms with Gasteiger partial charge in [-0.15, -0.1) is 0 Å². The molecule has 2 fully saturated rings. The highest BCUT2D eigenvalue weighted by Crippen LogP contribution is 2.39. The summed E-state index contributed by atoms with van der Waals surface area (Å²) in [5.41, 5.74) is 0.358. The minimum absolute atomic E-state index is 0.0487. The average Bonchev–Trinajstić information content (AvgIpc) is 3.20. The van der Waals surface area contributed by atoms with Gasteiger partial charge in [-0.2, -0.15) is 0 Å². The Kier molecular flexibility index (Phi) is 5.23. The van der Waals surface area contributed by atoms with E-state index in [9.17, 15) is 13.6 Å². The third kappa shape index (κ3) is 3.70. The first-order valence-corrected chi connectivity index (χ1v) is 10.0. The maximum absolute atomic E-state index is 14.2. The maximum atomic E-state index is 14.2. The van der Waals surface area contributed by atoms with Crippen LogP contribution in [0.5, 0.6) is 0 Å². The Bertz CT molecular complexity index is 866. The lowest BCUT2D eigenvalue weighted by Crippen LogP contribution is -2.44. The van der Waals surface area contributed by atoms with Crippen molar-refractivity contribution in [1.82, 2.24) is 9.80 Å². The largest absolute Gasteiger partial charge is 0.456 e. The molecule has 0 bridgehead atoms. The number of halogens is 2. The van der Waals surface area contributed by atoms with Crippen LogP contribution >= 0.6 is 0 Å². The molecule has 0 aliphatic carbocycles. The molecule has 2 aromatic rings. The summed E-state index contributed by atoms with van der Waals surface area (Å²) in [6.45, 7) is 4.47. The Hall–Kier alpha value is -2.21. The standard InChI is InChI=1S/C22H26F2N2O2/c1-16-4-7-20(28-16)21(27)25-11-2-8-22(10-13-25)9-3-12-26(22)15-17-14-18(23)5-6-19(17)24/h4-7,14H,2-3,8-13,15H2,1H3/t22-/m0/s1. The van der Waals surface area contributed by atoms with Crippen molar-refractivity contribution in [2.75, 3.05) is 19.6 Å². The first-order valence-electron chi connectivity index (χ1n) is 10.0. The van der Waals surface area contributed by atoms with Crippen LogP contribution in [0.2, 0.25) is 0 Å². The zero-order chi connectivity index (χ0) is 19.7. The van der Waals surface area contributed by atoms with Crippen LogP contribution < -0.4 is 0 Å². The lowest BCUT2D eigenvalue weighted by Gasteiger charge is -2.38. The van der Waals surface area contributed by atoms with Crippen LogP contribution in [0, 0.1) is 18.6 Å². The molecule has 0 saturated carbocycles. The van der Waals surface area contributed by atoms with Crippen molar-refractivity contribution in [2.24, 2.45) is 0 Å². The average molecular weight is 388 g/mol. The highest BCUT2D eigenvalue weighted by molar-refractivity contribution is 5.91. The summed E-state index contributed by atoms with van der Waals surface area (Å²) in [6, 6.07) is 7.19. The number of likely N-dealkylation sites (tertiary alicyclic amines) is 2. The van der Waals surface area contributed by atoms with Gasteiger partial charge in [0.15, 0.2) is 5.76 Å². The quantitative estimate of drug-likeness (QED) is 0.775. The highest BCUT2D eigenvalue weighted by Gasteiger charge is 2.42. The van der Waals surface area contributed by atoms with E-state index in [1.807, 2.05) is 11.8 Å². The Morgan fingerprint density at radius 3 is 2.61 bits per heavy atom. The first-order chi connectivity index (χ1) is 13.5. The Morgan fingerprint density at radius 2 is 1.86 bits per heavy atom. The Labute approximate surface area is 164 Å². The number of rotatable bonds is 3. The molecule has 6 heteroatoms. The molecule has 1 aromatic heterocycles. The molecule has 2 aliphatic rings. The van der Waals surface area contributed by atoms with Gasteiger partial charge in [-0.25, -0.2) is 8.78 Å². The number of amides is 1. The number of hydrogen-bond acceptors (Lipinski definition) is 3. The summed E-state index contributed by atoms with van der Waals surface area (Å²) in [5.74, 6) is 0.288. The van der Waals surface area contributed by atoms with Crippen molar-refractivity contribution < 1.29 is 18.0 Å². The molecular formula is C22H26F2N2O2. The van der Waals surface area contributed by atoms with Crippen molar-refractivity contribution in [1.29, 1.82) is 0 Å². The summed E-state index contributed by atoms with van der Waals surface area (Å²) in [6.07, 6.45) is 4.78. The molecule has 1 amide bonds. The first kappa shape index (κ1) is 19.1. The maximum Gasteiger partial charge on any atom is 0.289 e. The molecule has 4 nitrogen and oxygen atoms in total. The van der Waals surface area contributed by atoms with Gasteiger partial charge in [-0.05, 0) is 75.9 Å². The van der Waals surface area contributed by atoms with Crippen molar-refractivity contribution in [2.45, 2.75) is 51.1 Å². The molecule has 2 saturated heterocycles. The monoisotopic (exact) mass is 388 g/mol. The molecule has 4 rings (SSSR count). The summed E-state index contributed by atoms with van der Waals surface area (Å²) < 4.78 is 33.2. The Morgan fingerprint density at radius 1 is 1.07 bits per heavy atom. The number of furan rings is 1. The number of aryl methyl sites for hydroxylation is 1. The smallest absolute Gasteiger partial charge is 0.289 e. The molecule has 1 atom stereocenters. The van der Waals surface area contributed by atoms with Crippen molar-refractivity contribution in [3.63, 3.8) is 0 Å². The third-order valence-corrected chi connectivity index (χ3v) is 6.27. The summed E-state index contributed by atoms with van der Waals surface area (Å²) in [7, 11) is 0. The second-order valence-electron chi connectivity index (χ2n) is 8.04. The molecule has 3 heterocycles. The van der Waals surface area contributed by atoms with E-state index in [-0.39, 0.29) is 17.3 Å². The van der Waals surface area contributed by atoms with Crippen LogP contribution in [0.3, 0.4) is 0 Å². The van der Waals surface area contributed by atoms with E-state index >= 15 is 0 Å². The van der Waals surface area contributed by atoms with E-state index in [1.165, 1.54) is 12.1 Å². The van der Waals surface area contributed by atoms with Crippen molar-refractivity contribution >= 4 is 5.91 Å². The van der Waals surface area contributed by atoms with Gasteiger partial charge in [-0.1, -0.05) is 0 Å². The number of benzene rings is 1. The predicted molar refractivity (Wildman–Crippen MR) is 102 cm³/mol. The number of nitrogens with zero attached hydrogens (tertiary/aromatic N) is 2. The Balaban J connectivity index is 1.48. The fourth-order valence-corrected chi connectivity index (χ4v) is 4.76. The van der Waals surface area contributed by atoms with Gasteiger partial charge in [-0.3, -0.25) is 9.69 Å². The van der Waals surface area contributed by atoms with Crippen LogP contribution in [0.1, 0.15) is 54.0 Å². The molecule has 2 aliphatic heterocycles. The lowest BCUT2D eigenvalue weighted by molar-refractivity contribution is 0.0705. The molecule has 0 radical (unpaired) electrons. The van der Waals surface area contributed by atoms with Crippen LogP contribution in [0.4, 0.5) is 8.78 Å². The fourth-order valence-electron chi connectivity index (χ4n) is 4.76. The fraction of sp³-hybridized carbons (Fsp3) is 0.500. The summed E-state index contributed by atoms with van der Waals surface area (Å²) >= 11 is 0. The van der Waals surface area contributed by atoms with Gasteiger partial charge in [0.05, 0.1) is 0 Å². The number of carbonyl (C=O) groups excluding carboxylic acids is 1. The SMILES string of the molecule is Cc1ccc(C(=O)N2CCC[C@]3(CCCN3Cc3cc(F)ccc3F)CC2)o1. The van der Waals surface area contributed by atoms with E-state index in [0.717, 1.165) is 50.5 Å². The molecule has 0 N–H and O–H groups in total. The zero-order valence-corrected chi connectivity index (χ0v) is 16.2. The van der Waals surface area contributed by atoms with E-state index in [0.29, 0.717) is 31.0 Å². The lowest BCUT2D eigenvalue weighted by atomic mass is 9.87. The van der Waals surface area contributed by atoms with Gasteiger partial charge in [0.2, 0.25) is 0 Å². The molecule has 0 unspecified atom stereocenters. The zero-order valence-electron chi connectivity index (χ0n) is 16.2. The van der Waals surface area contributed by atoms with Crippen molar-refractivity contribution in [3.05, 3.63) is 59.1 Å². The van der Waals surface area contributed by atoms with Gasteiger partial charge in [0.25, 0.3) is 5.91 Å². The van der Waals surface area contributed by atoms with E-state index < -0.39 is 5.82 Å². The molecule has 1 spiro atoms. The summed E-state index contributed by atoms with van der Waals surface area (Å²) in [5, 5.41) is 0. The topological polar surface area (TPSA) is 36.7 Å². The molecule has 150 valence electrons. The van der Waals surface area contributed by atoms with Gasteiger partial charge >= 0.3 is 0 Å². The second kappa shape index (κ2) is 7.66. The minimum atomic E-state index is -0.406. The normalized spacial score (nSPS) is 23.3. The van der Waals surface area contributed by atoms with Gasteiger partial charge < -0.3 is 9.32 Å². The molecule has 28 heavy (non-hydrogen) atoms. The van der Waals surface area contributed by atoms with Gasteiger partial charge in [0.1, 0.15) is 17.4 Å². The van der Waals surface area contributed by atoms with Crippen LogP contribution in [0.15, 0.2) is 34.7 Å². The minimum Gasteiger partial charge on any atom is -0.456 e. The third-order valence-electron chi connectivity index (χ3n) is 6.27. The van der Waals surface area contributed by atoms with E-state index in [4.69, 9.17) is 4.42 Å². The van der Waals surface area contributed by atoms with Crippen LogP contribution in [-0.2, 0) is 6.54 Å². The van der Waals surface area contributed by atoms with Crippen molar-refractivity contribution in [3.8, 4) is 0 Å². The number of carbonyl (C=O) groups is 1. The molecule has 1 aromatic carbocycles. The highest BCUT2D eigenvalue weighted by atomic mass is 19.1. The predicted octanol–water partition coefficient (Wildman–Crippen LogP) is 4.53. The van der Waals surface area contributed by atoms with E-state index in [1.54, 1.807) is 12.1 Å². The van der Waals surface area contributed by atoms with Crippen LogP contribution in [-0.4, -0.2) is 40.9 Å². The summed E-state index contributed by atoms with van der Waals surface area (Å²) in [4.78, 5) is 16.9. The van der Waals surface area contributed by atoms with Crippen LogP contribution in [0.25, 0.3) is 0 Å². The second-order valence-corrected chi connectivity index (χ2v) is 8.04.